The molecule has 1 aliphatic heterocycles. The van der Waals surface area contributed by atoms with Crippen molar-refractivity contribution in [1.29, 1.82) is 0 Å². The summed E-state index contributed by atoms with van der Waals surface area (Å²) < 4.78 is 37.9. The Morgan fingerprint density at radius 1 is 1.15 bits per heavy atom. The number of nitrogens with one attached hydrogen (secondary N) is 2. The minimum atomic E-state index is -0.992. The van der Waals surface area contributed by atoms with E-state index < -0.39 is 17.7 Å². The summed E-state index contributed by atoms with van der Waals surface area (Å²) in [6, 6.07) is 9.38. The molecule has 2 fully saturated rings. The topological polar surface area (TPSA) is 62.8 Å². The first-order valence-electron chi connectivity index (χ1n) is 11.4. The van der Waals surface area contributed by atoms with E-state index in [1.807, 2.05) is 13.0 Å². The van der Waals surface area contributed by atoms with E-state index in [2.05, 4.69) is 34.7 Å². The molecule has 0 aromatic heterocycles. The molecule has 1 heterocycles. The van der Waals surface area contributed by atoms with Crippen LogP contribution >= 0.6 is 0 Å². The molecule has 1 aliphatic carbocycles. The number of hydrogen-bond acceptors (Lipinski definition) is 4. The van der Waals surface area contributed by atoms with E-state index in [0.717, 1.165) is 55.9 Å². The first-order chi connectivity index (χ1) is 15.9. The highest BCUT2D eigenvalue weighted by atomic mass is 19.2. The lowest BCUT2D eigenvalue weighted by Gasteiger charge is -2.45. The van der Waals surface area contributed by atoms with Gasteiger partial charge in [-0.3, -0.25) is 0 Å². The Morgan fingerprint density at radius 3 is 2.70 bits per heavy atom. The predicted molar refractivity (Wildman–Crippen MR) is 123 cm³/mol. The molecule has 2 aliphatic rings. The van der Waals surface area contributed by atoms with E-state index >= 15 is 0 Å². The van der Waals surface area contributed by atoms with Crippen LogP contribution in [0, 0.1) is 11.6 Å². The fourth-order valence-corrected chi connectivity index (χ4v) is 5.43. The van der Waals surface area contributed by atoms with Gasteiger partial charge in [0, 0.05) is 29.3 Å². The van der Waals surface area contributed by atoms with Gasteiger partial charge in [0.25, 0.3) is 0 Å². The minimum Gasteiger partial charge on any atom is -0.493 e. The number of rotatable bonds is 6. The lowest BCUT2D eigenvalue weighted by molar-refractivity contribution is 0.156. The van der Waals surface area contributed by atoms with Crippen LogP contribution in [-0.4, -0.2) is 50.3 Å². The average molecular weight is 460 g/mol. The SMILES string of the molecule is CCOc1cc([C@@]23CC[C@H](NC(=O)Nc4ccc(F)c(F)c4)C[C@H]2N(C)CC3)ccc1OC. The molecule has 1 saturated heterocycles. The second-order valence-electron chi connectivity index (χ2n) is 8.90. The van der Waals surface area contributed by atoms with Gasteiger partial charge in [0.2, 0.25) is 0 Å². The Kier molecular flexibility index (Phi) is 6.74. The highest BCUT2D eigenvalue weighted by Gasteiger charge is 2.50. The molecule has 2 aromatic carbocycles. The maximum atomic E-state index is 13.4. The van der Waals surface area contributed by atoms with Crippen molar-refractivity contribution < 1.29 is 23.0 Å². The van der Waals surface area contributed by atoms with Gasteiger partial charge in [-0.15, -0.1) is 0 Å². The summed E-state index contributed by atoms with van der Waals surface area (Å²) in [6.45, 7) is 3.50. The number of anilines is 1. The van der Waals surface area contributed by atoms with Crippen LogP contribution in [0.4, 0.5) is 19.3 Å². The van der Waals surface area contributed by atoms with Crippen LogP contribution in [0.1, 0.15) is 38.2 Å². The maximum Gasteiger partial charge on any atom is 0.319 e. The van der Waals surface area contributed by atoms with Crippen molar-refractivity contribution in [2.24, 2.45) is 0 Å². The maximum absolute atomic E-state index is 13.4. The van der Waals surface area contributed by atoms with E-state index in [1.165, 1.54) is 11.6 Å². The van der Waals surface area contributed by atoms with Crippen molar-refractivity contribution in [3.63, 3.8) is 0 Å². The summed E-state index contributed by atoms with van der Waals surface area (Å²) in [5.41, 5.74) is 1.45. The zero-order valence-electron chi connectivity index (χ0n) is 19.3. The van der Waals surface area contributed by atoms with E-state index in [9.17, 15) is 13.6 Å². The van der Waals surface area contributed by atoms with Crippen molar-refractivity contribution in [3.8, 4) is 11.5 Å². The van der Waals surface area contributed by atoms with Gasteiger partial charge in [0.15, 0.2) is 23.1 Å². The molecule has 0 spiro atoms. The van der Waals surface area contributed by atoms with Crippen molar-refractivity contribution in [2.75, 3.05) is 32.6 Å². The Hall–Kier alpha value is -2.87. The number of nitrogens with zero attached hydrogens (tertiary/aromatic N) is 1. The largest absolute Gasteiger partial charge is 0.493 e. The van der Waals surface area contributed by atoms with Gasteiger partial charge in [-0.05, 0) is 76.0 Å². The average Bonchev–Trinajstić information content (AvgIpc) is 3.13. The molecule has 0 unspecified atom stereocenters. The zero-order valence-corrected chi connectivity index (χ0v) is 19.3. The molecule has 2 amide bonds. The van der Waals surface area contributed by atoms with Crippen LogP contribution in [0.25, 0.3) is 0 Å². The zero-order chi connectivity index (χ0) is 23.6. The lowest BCUT2D eigenvalue weighted by atomic mass is 9.65. The third-order valence-electron chi connectivity index (χ3n) is 7.08. The third-order valence-corrected chi connectivity index (χ3v) is 7.08. The molecule has 4 rings (SSSR count). The van der Waals surface area contributed by atoms with Crippen LogP contribution in [0.3, 0.4) is 0 Å². The molecule has 1 saturated carbocycles. The van der Waals surface area contributed by atoms with Gasteiger partial charge in [0.05, 0.1) is 13.7 Å². The number of ether oxygens (including phenoxy) is 2. The molecular formula is C25H31F2N3O3. The summed E-state index contributed by atoms with van der Waals surface area (Å²) in [4.78, 5) is 14.9. The van der Waals surface area contributed by atoms with Crippen molar-refractivity contribution in [3.05, 3.63) is 53.6 Å². The molecule has 8 heteroatoms. The number of carbonyl (C=O) groups excluding carboxylic acids is 1. The van der Waals surface area contributed by atoms with Gasteiger partial charge >= 0.3 is 6.03 Å². The highest BCUT2D eigenvalue weighted by molar-refractivity contribution is 5.89. The third kappa shape index (κ3) is 4.62. The standard InChI is InChI=1S/C25H31F2N3O3/c1-4-33-22-13-16(5-8-21(22)32-3)25-10-9-18(15-23(25)30(2)12-11-25)29-24(31)28-17-6-7-19(26)20(27)14-17/h5-8,13-14,18,23H,4,9-12,15H2,1-3H3,(H2,28,29,31)/t18-,23+,25-/m0/s1. The second kappa shape index (κ2) is 9.55. The number of likely N-dealkylation sites (N-methyl/N-ethyl adjacent to an activating group) is 1. The van der Waals surface area contributed by atoms with Crippen molar-refractivity contribution in [2.45, 2.75) is 50.1 Å². The van der Waals surface area contributed by atoms with Crippen LogP contribution in [-0.2, 0) is 5.41 Å². The number of methoxy groups -OCH3 is 1. The first-order valence-corrected chi connectivity index (χ1v) is 11.4. The number of fused-ring (bicyclic) bond motifs is 1. The van der Waals surface area contributed by atoms with Gasteiger partial charge in [-0.25, -0.2) is 13.6 Å². The summed E-state index contributed by atoms with van der Waals surface area (Å²) in [5.74, 6) is -0.455. The normalized spacial score (nSPS) is 24.8. The molecule has 2 aromatic rings. The van der Waals surface area contributed by atoms with Gasteiger partial charge in [-0.2, -0.15) is 0 Å². The Morgan fingerprint density at radius 2 is 1.97 bits per heavy atom. The van der Waals surface area contributed by atoms with Crippen molar-refractivity contribution in [1.82, 2.24) is 10.2 Å². The number of urea groups is 1. The van der Waals surface area contributed by atoms with E-state index in [-0.39, 0.29) is 23.2 Å². The van der Waals surface area contributed by atoms with Crippen LogP contribution < -0.4 is 20.1 Å². The Labute approximate surface area is 193 Å². The molecule has 2 N–H and O–H groups in total. The highest BCUT2D eigenvalue weighted by Crippen LogP contribution is 2.49. The fourth-order valence-electron chi connectivity index (χ4n) is 5.43. The molecule has 178 valence electrons. The number of carbonyl (C=O) groups is 1. The number of amides is 2. The van der Waals surface area contributed by atoms with Crippen LogP contribution in [0.15, 0.2) is 36.4 Å². The molecular weight excluding hydrogens is 428 g/mol. The summed E-state index contributed by atoms with van der Waals surface area (Å²) in [6.07, 6.45) is 3.60. The molecule has 6 nitrogen and oxygen atoms in total. The van der Waals surface area contributed by atoms with Crippen LogP contribution in [0.2, 0.25) is 0 Å². The molecule has 0 bridgehead atoms. The molecule has 0 radical (unpaired) electrons. The minimum absolute atomic E-state index is 0.0123. The van der Waals surface area contributed by atoms with Gasteiger partial charge < -0.3 is 25.0 Å². The summed E-state index contributed by atoms with van der Waals surface area (Å²) >= 11 is 0. The molecule has 33 heavy (non-hydrogen) atoms. The fraction of sp³-hybridized carbons (Fsp3) is 0.480. The number of hydrogen-bond donors (Lipinski definition) is 2. The first kappa shape index (κ1) is 23.3. The summed E-state index contributed by atoms with van der Waals surface area (Å²) in [5, 5.41) is 5.62. The number of halogens is 2. The second-order valence-corrected chi connectivity index (χ2v) is 8.90. The van der Waals surface area contributed by atoms with E-state index in [1.54, 1.807) is 7.11 Å². The predicted octanol–water partition coefficient (Wildman–Crippen LogP) is 4.69. The number of likely N-dealkylation sites (tertiary alicyclic amines) is 1. The van der Waals surface area contributed by atoms with E-state index in [0.29, 0.717) is 6.61 Å². The van der Waals surface area contributed by atoms with Crippen LogP contribution in [0.5, 0.6) is 11.5 Å². The molecule has 3 atom stereocenters. The number of benzene rings is 2. The monoisotopic (exact) mass is 459 g/mol. The van der Waals surface area contributed by atoms with Gasteiger partial charge in [-0.1, -0.05) is 6.07 Å². The lowest BCUT2D eigenvalue weighted by Crippen LogP contribution is -2.52. The van der Waals surface area contributed by atoms with Crippen molar-refractivity contribution >= 4 is 11.7 Å². The van der Waals surface area contributed by atoms with E-state index in [4.69, 9.17) is 9.47 Å². The summed E-state index contributed by atoms with van der Waals surface area (Å²) in [7, 11) is 3.77. The smallest absolute Gasteiger partial charge is 0.319 e. The quantitative estimate of drug-likeness (QED) is 0.658. The Balaban J connectivity index is 1.48. The van der Waals surface area contributed by atoms with Gasteiger partial charge in [0.1, 0.15) is 0 Å². The Bertz CT molecular complexity index is 1020.